The standard InChI is InChI=1S/C11H9N3S/c1-8-3-6-15-10(8)9-7-14-5-2-4-12-11(14)13-9/h2-7H,1H3. The van der Waals surface area contributed by atoms with Gasteiger partial charge >= 0.3 is 0 Å². The Bertz CT molecular complexity index is 576. The van der Waals surface area contributed by atoms with Crippen molar-refractivity contribution in [3.05, 3.63) is 41.7 Å². The Kier molecular flexibility index (Phi) is 1.82. The first-order valence-corrected chi connectivity index (χ1v) is 5.57. The first-order valence-electron chi connectivity index (χ1n) is 4.69. The fraction of sp³-hybridized carbons (Fsp3) is 0.0909. The minimum atomic E-state index is 0.750. The van der Waals surface area contributed by atoms with E-state index in [9.17, 15) is 0 Å². The van der Waals surface area contributed by atoms with Gasteiger partial charge in [-0.25, -0.2) is 9.97 Å². The van der Waals surface area contributed by atoms with Crippen molar-refractivity contribution in [2.24, 2.45) is 0 Å². The lowest BCUT2D eigenvalue weighted by Gasteiger charge is -1.90. The van der Waals surface area contributed by atoms with Crippen molar-refractivity contribution >= 4 is 17.1 Å². The Morgan fingerprint density at radius 2 is 2.33 bits per heavy atom. The molecule has 3 rings (SSSR count). The van der Waals surface area contributed by atoms with E-state index in [2.05, 4.69) is 28.3 Å². The number of nitrogens with zero attached hydrogens (tertiary/aromatic N) is 3. The van der Waals surface area contributed by atoms with Gasteiger partial charge in [0.2, 0.25) is 5.78 Å². The molecule has 0 amide bonds. The molecule has 0 aliphatic heterocycles. The predicted octanol–water partition coefficient (Wildman–Crippen LogP) is 2.77. The van der Waals surface area contributed by atoms with Crippen LogP contribution in [0.4, 0.5) is 0 Å². The molecule has 0 bridgehead atoms. The molecule has 0 saturated carbocycles. The average Bonchev–Trinajstić information content (AvgIpc) is 2.82. The molecule has 74 valence electrons. The van der Waals surface area contributed by atoms with Crippen LogP contribution in [0.3, 0.4) is 0 Å². The number of aromatic nitrogens is 3. The number of aryl methyl sites for hydroxylation is 1. The number of fused-ring (bicyclic) bond motifs is 1. The van der Waals surface area contributed by atoms with Gasteiger partial charge in [0.1, 0.15) is 5.69 Å². The molecule has 0 N–H and O–H groups in total. The number of imidazole rings is 1. The number of hydrogen-bond donors (Lipinski definition) is 0. The van der Waals surface area contributed by atoms with Crippen LogP contribution >= 0.6 is 11.3 Å². The van der Waals surface area contributed by atoms with Gasteiger partial charge in [0.05, 0.1) is 4.88 Å². The van der Waals surface area contributed by atoms with Crippen LogP contribution in [0, 0.1) is 6.92 Å². The molecule has 0 aliphatic rings. The lowest BCUT2D eigenvalue weighted by Crippen LogP contribution is -1.82. The van der Waals surface area contributed by atoms with Crippen molar-refractivity contribution in [3.8, 4) is 10.6 Å². The maximum atomic E-state index is 4.48. The summed E-state index contributed by atoms with van der Waals surface area (Å²) in [5, 5.41) is 2.09. The summed E-state index contributed by atoms with van der Waals surface area (Å²) in [6.07, 6.45) is 5.73. The summed E-state index contributed by atoms with van der Waals surface area (Å²) in [5.41, 5.74) is 2.27. The second-order valence-corrected chi connectivity index (χ2v) is 4.30. The molecule has 0 spiro atoms. The van der Waals surface area contributed by atoms with Crippen LogP contribution in [0.15, 0.2) is 36.1 Å². The maximum Gasteiger partial charge on any atom is 0.234 e. The first kappa shape index (κ1) is 8.61. The van der Waals surface area contributed by atoms with Crippen molar-refractivity contribution in [1.29, 1.82) is 0 Å². The van der Waals surface area contributed by atoms with Gasteiger partial charge < -0.3 is 0 Å². The van der Waals surface area contributed by atoms with Crippen LogP contribution in [0.1, 0.15) is 5.56 Å². The van der Waals surface area contributed by atoms with E-state index in [0.717, 1.165) is 11.5 Å². The lowest BCUT2D eigenvalue weighted by atomic mass is 10.2. The summed E-state index contributed by atoms with van der Waals surface area (Å²) < 4.78 is 1.94. The zero-order valence-electron chi connectivity index (χ0n) is 8.21. The van der Waals surface area contributed by atoms with E-state index in [1.54, 1.807) is 17.5 Å². The Balaban J connectivity index is 2.24. The van der Waals surface area contributed by atoms with Gasteiger partial charge in [0.25, 0.3) is 0 Å². The minimum Gasteiger partial charge on any atom is -0.290 e. The maximum absolute atomic E-state index is 4.48. The SMILES string of the molecule is Cc1ccsc1-c1cn2cccnc2n1. The topological polar surface area (TPSA) is 30.2 Å². The van der Waals surface area contributed by atoms with Gasteiger partial charge in [-0.3, -0.25) is 4.40 Å². The third-order valence-electron chi connectivity index (χ3n) is 2.33. The van der Waals surface area contributed by atoms with E-state index in [1.807, 2.05) is 22.9 Å². The van der Waals surface area contributed by atoms with Crippen LogP contribution in [0.25, 0.3) is 16.3 Å². The largest absolute Gasteiger partial charge is 0.290 e. The van der Waals surface area contributed by atoms with E-state index in [1.165, 1.54) is 10.4 Å². The highest BCUT2D eigenvalue weighted by Crippen LogP contribution is 2.27. The molecule has 3 aromatic heterocycles. The monoisotopic (exact) mass is 215 g/mol. The zero-order valence-corrected chi connectivity index (χ0v) is 9.03. The van der Waals surface area contributed by atoms with Crippen LogP contribution in [0.5, 0.6) is 0 Å². The second kappa shape index (κ2) is 3.17. The fourth-order valence-corrected chi connectivity index (χ4v) is 2.46. The molecule has 0 aromatic carbocycles. The zero-order chi connectivity index (χ0) is 10.3. The highest BCUT2D eigenvalue weighted by atomic mass is 32.1. The van der Waals surface area contributed by atoms with Gasteiger partial charge in [0, 0.05) is 18.6 Å². The summed E-state index contributed by atoms with van der Waals surface area (Å²) in [6.45, 7) is 2.10. The van der Waals surface area contributed by atoms with E-state index in [-0.39, 0.29) is 0 Å². The van der Waals surface area contributed by atoms with Gasteiger partial charge in [-0.2, -0.15) is 0 Å². The normalized spacial score (nSPS) is 11.0. The quantitative estimate of drug-likeness (QED) is 0.624. The molecule has 0 aliphatic carbocycles. The number of thiophene rings is 1. The third-order valence-corrected chi connectivity index (χ3v) is 3.37. The van der Waals surface area contributed by atoms with Gasteiger partial charge in [-0.15, -0.1) is 11.3 Å². The number of hydrogen-bond acceptors (Lipinski definition) is 3. The number of rotatable bonds is 1. The molecular weight excluding hydrogens is 206 g/mol. The van der Waals surface area contributed by atoms with E-state index in [0.29, 0.717) is 0 Å². The van der Waals surface area contributed by atoms with Gasteiger partial charge in [0.15, 0.2) is 0 Å². The van der Waals surface area contributed by atoms with Crippen molar-refractivity contribution < 1.29 is 0 Å². The van der Waals surface area contributed by atoms with E-state index in [4.69, 9.17) is 0 Å². The lowest BCUT2D eigenvalue weighted by molar-refractivity contribution is 1.11. The molecule has 4 heteroatoms. The summed E-state index contributed by atoms with van der Waals surface area (Å²) in [7, 11) is 0. The summed E-state index contributed by atoms with van der Waals surface area (Å²) in [4.78, 5) is 9.90. The molecule has 15 heavy (non-hydrogen) atoms. The van der Waals surface area contributed by atoms with Crippen molar-refractivity contribution in [3.63, 3.8) is 0 Å². The fourth-order valence-electron chi connectivity index (χ4n) is 1.57. The van der Waals surface area contributed by atoms with Crippen LogP contribution in [-0.4, -0.2) is 14.4 Å². The van der Waals surface area contributed by atoms with E-state index < -0.39 is 0 Å². The van der Waals surface area contributed by atoms with Crippen molar-refractivity contribution in [1.82, 2.24) is 14.4 Å². The summed E-state index contributed by atoms with van der Waals surface area (Å²) in [5.74, 6) is 0.750. The Hall–Kier alpha value is -1.68. The molecule has 0 unspecified atom stereocenters. The van der Waals surface area contributed by atoms with Crippen molar-refractivity contribution in [2.45, 2.75) is 6.92 Å². The Morgan fingerprint density at radius 3 is 3.07 bits per heavy atom. The molecule has 0 saturated heterocycles. The van der Waals surface area contributed by atoms with Crippen LogP contribution in [-0.2, 0) is 0 Å². The molecular formula is C11H9N3S. The summed E-state index contributed by atoms with van der Waals surface area (Å²) >= 11 is 1.71. The highest BCUT2D eigenvalue weighted by molar-refractivity contribution is 7.13. The Labute approximate surface area is 91.1 Å². The molecule has 3 heterocycles. The predicted molar refractivity (Wildman–Crippen MR) is 61.0 cm³/mol. The van der Waals surface area contributed by atoms with Crippen LogP contribution in [0.2, 0.25) is 0 Å². The average molecular weight is 215 g/mol. The first-order chi connectivity index (χ1) is 7.34. The van der Waals surface area contributed by atoms with Crippen LogP contribution < -0.4 is 0 Å². The molecule has 0 fully saturated rings. The smallest absolute Gasteiger partial charge is 0.234 e. The van der Waals surface area contributed by atoms with Gasteiger partial charge in [-0.05, 0) is 30.0 Å². The van der Waals surface area contributed by atoms with Gasteiger partial charge in [-0.1, -0.05) is 0 Å². The molecule has 0 atom stereocenters. The molecule has 3 nitrogen and oxygen atoms in total. The summed E-state index contributed by atoms with van der Waals surface area (Å²) in [6, 6.07) is 4.01. The highest BCUT2D eigenvalue weighted by Gasteiger charge is 2.07. The molecule has 3 aromatic rings. The van der Waals surface area contributed by atoms with E-state index >= 15 is 0 Å². The third kappa shape index (κ3) is 1.34. The minimum absolute atomic E-state index is 0.750. The second-order valence-electron chi connectivity index (χ2n) is 3.39. The molecule has 0 radical (unpaired) electrons. The Morgan fingerprint density at radius 1 is 1.40 bits per heavy atom. The van der Waals surface area contributed by atoms with Crippen molar-refractivity contribution in [2.75, 3.05) is 0 Å².